The van der Waals surface area contributed by atoms with E-state index in [9.17, 15) is 4.79 Å². The molecule has 3 aromatic rings. The summed E-state index contributed by atoms with van der Waals surface area (Å²) in [6.07, 6.45) is 0.868. The average molecular weight is 353 g/mol. The van der Waals surface area contributed by atoms with Crippen LogP contribution in [0.1, 0.15) is 12.5 Å². The van der Waals surface area contributed by atoms with Gasteiger partial charge in [-0.05, 0) is 47.7 Å². The molecule has 0 radical (unpaired) electrons. The van der Waals surface area contributed by atoms with Crippen molar-refractivity contribution < 1.29 is 14.3 Å². The molecule has 0 aliphatic rings. The lowest BCUT2D eigenvalue weighted by atomic mass is 10.2. The van der Waals surface area contributed by atoms with Gasteiger partial charge in [0.25, 0.3) is 5.91 Å². The Bertz CT molecular complexity index is 850. The Kier molecular flexibility index (Phi) is 5.43. The van der Waals surface area contributed by atoms with Gasteiger partial charge >= 0.3 is 0 Å². The van der Waals surface area contributed by atoms with E-state index in [0.29, 0.717) is 12.3 Å². The number of nitrogens with zero attached hydrogens (tertiary/aromatic N) is 4. The zero-order chi connectivity index (χ0) is 18.4. The first-order valence-electron chi connectivity index (χ1n) is 8.07. The maximum atomic E-state index is 12.3. The highest BCUT2D eigenvalue weighted by Gasteiger charge is 2.15. The fourth-order valence-corrected chi connectivity index (χ4v) is 2.39. The van der Waals surface area contributed by atoms with Gasteiger partial charge in [0.2, 0.25) is 0 Å². The molecule has 0 bridgehead atoms. The van der Waals surface area contributed by atoms with Gasteiger partial charge < -0.3 is 14.8 Å². The van der Waals surface area contributed by atoms with Crippen molar-refractivity contribution >= 4 is 5.91 Å². The number of hydrogen-bond acceptors (Lipinski definition) is 6. The molecular formula is C18H19N5O3. The van der Waals surface area contributed by atoms with Crippen LogP contribution < -0.4 is 14.8 Å². The minimum absolute atomic E-state index is 0.208. The van der Waals surface area contributed by atoms with E-state index in [4.69, 9.17) is 9.47 Å². The predicted octanol–water partition coefficient (Wildman–Crippen LogP) is 1.75. The number of aromatic nitrogens is 4. The van der Waals surface area contributed by atoms with Crippen molar-refractivity contribution in [1.82, 2.24) is 25.5 Å². The first-order valence-corrected chi connectivity index (χ1v) is 8.07. The van der Waals surface area contributed by atoms with Crippen molar-refractivity contribution in [2.75, 3.05) is 7.11 Å². The molecule has 26 heavy (non-hydrogen) atoms. The molecule has 0 spiro atoms. The summed E-state index contributed by atoms with van der Waals surface area (Å²) in [5.41, 5.74) is 1.71. The molecule has 1 heterocycles. The van der Waals surface area contributed by atoms with Crippen molar-refractivity contribution in [3.63, 3.8) is 0 Å². The topological polar surface area (TPSA) is 91.2 Å². The van der Waals surface area contributed by atoms with Crippen LogP contribution in [0.3, 0.4) is 0 Å². The Morgan fingerprint density at radius 3 is 2.65 bits per heavy atom. The molecule has 134 valence electrons. The Labute approximate surface area is 150 Å². The zero-order valence-electron chi connectivity index (χ0n) is 14.5. The third-order valence-corrected chi connectivity index (χ3v) is 3.78. The highest BCUT2D eigenvalue weighted by Crippen LogP contribution is 2.18. The molecule has 8 heteroatoms. The van der Waals surface area contributed by atoms with Gasteiger partial charge in [0.05, 0.1) is 12.8 Å². The number of carbonyl (C=O) groups excluding carboxylic acids is 1. The van der Waals surface area contributed by atoms with Crippen LogP contribution in [0.5, 0.6) is 11.5 Å². The van der Waals surface area contributed by atoms with E-state index in [-0.39, 0.29) is 5.91 Å². The number of carbonyl (C=O) groups is 1. The molecule has 1 N–H and O–H groups in total. The standard InChI is InChI=1S/C18H19N5O3/c1-13(18(24)19-11-14-5-3-4-6-17(14)25-2)26-16-9-7-15(8-10-16)23-12-20-21-22-23/h3-10,12-13H,11H2,1-2H3,(H,19,24)/t13-/m1/s1. The van der Waals surface area contributed by atoms with E-state index in [1.54, 1.807) is 26.2 Å². The number of methoxy groups -OCH3 is 1. The monoisotopic (exact) mass is 353 g/mol. The summed E-state index contributed by atoms with van der Waals surface area (Å²) in [4.78, 5) is 12.3. The van der Waals surface area contributed by atoms with E-state index in [2.05, 4.69) is 20.8 Å². The van der Waals surface area contributed by atoms with Crippen LogP contribution in [0, 0.1) is 0 Å². The largest absolute Gasteiger partial charge is 0.496 e. The minimum atomic E-state index is -0.636. The summed E-state index contributed by atoms with van der Waals surface area (Å²) >= 11 is 0. The second-order valence-corrected chi connectivity index (χ2v) is 5.54. The third kappa shape index (κ3) is 4.15. The van der Waals surface area contributed by atoms with E-state index >= 15 is 0 Å². The van der Waals surface area contributed by atoms with Crippen LogP contribution >= 0.6 is 0 Å². The second kappa shape index (κ2) is 8.11. The van der Waals surface area contributed by atoms with Gasteiger partial charge in [-0.2, -0.15) is 0 Å². The van der Waals surface area contributed by atoms with E-state index < -0.39 is 6.10 Å². The lowest BCUT2D eigenvalue weighted by Gasteiger charge is -2.16. The normalized spacial score (nSPS) is 11.6. The first-order chi connectivity index (χ1) is 12.7. The molecule has 0 fully saturated rings. The van der Waals surface area contributed by atoms with Crippen LogP contribution in [0.2, 0.25) is 0 Å². The maximum Gasteiger partial charge on any atom is 0.261 e. The summed E-state index contributed by atoms with van der Waals surface area (Å²) in [7, 11) is 1.60. The van der Waals surface area contributed by atoms with E-state index in [0.717, 1.165) is 17.0 Å². The highest BCUT2D eigenvalue weighted by molar-refractivity contribution is 5.80. The van der Waals surface area contributed by atoms with Crippen molar-refractivity contribution in [3.8, 4) is 17.2 Å². The fraction of sp³-hybridized carbons (Fsp3) is 0.222. The van der Waals surface area contributed by atoms with E-state index in [1.807, 2.05) is 36.4 Å². The minimum Gasteiger partial charge on any atom is -0.496 e. The van der Waals surface area contributed by atoms with E-state index in [1.165, 1.54) is 11.0 Å². The zero-order valence-corrected chi connectivity index (χ0v) is 14.5. The van der Waals surface area contributed by atoms with Gasteiger partial charge in [-0.15, -0.1) is 5.10 Å². The summed E-state index contributed by atoms with van der Waals surface area (Å²) < 4.78 is 12.5. The highest BCUT2D eigenvalue weighted by atomic mass is 16.5. The number of amides is 1. The smallest absolute Gasteiger partial charge is 0.261 e. The Hall–Kier alpha value is -3.42. The molecule has 0 saturated heterocycles. The van der Waals surface area contributed by atoms with Crippen molar-refractivity contribution in [3.05, 3.63) is 60.4 Å². The Morgan fingerprint density at radius 1 is 1.19 bits per heavy atom. The van der Waals surface area contributed by atoms with Gasteiger partial charge in [-0.1, -0.05) is 18.2 Å². The second-order valence-electron chi connectivity index (χ2n) is 5.54. The van der Waals surface area contributed by atoms with Crippen LogP contribution in [-0.4, -0.2) is 39.3 Å². The van der Waals surface area contributed by atoms with Crippen LogP contribution in [0.4, 0.5) is 0 Å². The number of nitrogens with one attached hydrogen (secondary N) is 1. The fourth-order valence-electron chi connectivity index (χ4n) is 2.39. The lowest BCUT2D eigenvalue weighted by molar-refractivity contribution is -0.127. The molecule has 0 saturated carbocycles. The molecule has 1 atom stereocenters. The van der Waals surface area contributed by atoms with Gasteiger partial charge in [-0.25, -0.2) is 4.68 Å². The number of rotatable bonds is 7. The molecule has 1 amide bonds. The molecule has 1 aromatic heterocycles. The number of hydrogen-bond donors (Lipinski definition) is 1. The SMILES string of the molecule is COc1ccccc1CNC(=O)[C@@H](C)Oc1ccc(-n2cnnn2)cc1. The molecular weight excluding hydrogens is 334 g/mol. The predicted molar refractivity (Wildman–Crippen MR) is 94.1 cm³/mol. The maximum absolute atomic E-state index is 12.3. The first kappa shape index (κ1) is 17.4. The van der Waals surface area contributed by atoms with Gasteiger partial charge in [0, 0.05) is 12.1 Å². The van der Waals surface area contributed by atoms with Crippen LogP contribution in [0.25, 0.3) is 5.69 Å². The summed E-state index contributed by atoms with van der Waals surface area (Å²) in [6, 6.07) is 14.7. The Morgan fingerprint density at radius 2 is 1.96 bits per heavy atom. The number of benzene rings is 2. The van der Waals surface area contributed by atoms with Crippen molar-refractivity contribution in [2.45, 2.75) is 19.6 Å². The molecule has 0 aliphatic heterocycles. The average Bonchev–Trinajstić information content (AvgIpc) is 3.21. The number of tetrazole rings is 1. The number of para-hydroxylation sites is 1. The molecule has 2 aromatic carbocycles. The quantitative estimate of drug-likeness (QED) is 0.696. The molecule has 3 rings (SSSR count). The van der Waals surface area contributed by atoms with Crippen molar-refractivity contribution in [1.29, 1.82) is 0 Å². The lowest BCUT2D eigenvalue weighted by Crippen LogP contribution is -2.35. The van der Waals surface area contributed by atoms with Gasteiger partial charge in [0.15, 0.2) is 6.10 Å². The molecule has 8 nitrogen and oxygen atoms in total. The third-order valence-electron chi connectivity index (χ3n) is 3.78. The molecule has 0 unspecified atom stereocenters. The summed E-state index contributed by atoms with van der Waals surface area (Å²) in [5.74, 6) is 1.11. The van der Waals surface area contributed by atoms with Gasteiger partial charge in [0.1, 0.15) is 17.8 Å². The number of ether oxygens (including phenoxy) is 2. The molecule has 0 aliphatic carbocycles. The van der Waals surface area contributed by atoms with Gasteiger partial charge in [-0.3, -0.25) is 4.79 Å². The van der Waals surface area contributed by atoms with Crippen LogP contribution in [0.15, 0.2) is 54.9 Å². The van der Waals surface area contributed by atoms with Crippen LogP contribution in [-0.2, 0) is 11.3 Å². The van der Waals surface area contributed by atoms with Crippen molar-refractivity contribution in [2.24, 2.45) is 0 Å². The summed E-state index contributed by atoms with van der Waals surface area (Å²) in [5, 5.41) is 13.8. The summed E-state index contributed by atoms with van der Waals surface area (Å²) in [6.45, 7) is 2.07. The Balaban J connectivity index is 1.55.